The molecule has 0 radical (unpaired) electrons. The van der Waals surface area contributed by atoms with E-state index in [0.29, 0.717) is 18.8 Å². The number of hydrogen-bond donors (Lipinski definition) is 1. The van der Waals surface area contributed by atoms with E-state index >= 15 is 0 Å². The highest BCUT2D eigenvalue weighted by Crippen LogP contribution is 2.27. The van der Waals surface area contributed by atoms with Crippen LogP contribution in [0.15, 0.2) is 4.52 Å². The number of ether oxygens (including phenoxy) is 1. The molecule has 6 nitrogen and oxygen atoms in total. The number of nitrogen functional groups attached to an aromatic ring is 1. The van der Waals surface area contributed by atoms with Crippen LogP contribution in [0.3, 0.4) is 0 Å². The molecule has 1 aromatic heterocycles. The van der Waals surface area contributed by atoms with Gasteiger partial charge in [0.05, 0.1) is 18.7 Å². The van der Waals surface area contributed by atoms with Crippen molar-refractivity contribution in [2.45, 2.75) is 39.5 Å². The van der Waals surface area contributed by atoms with Gasteiger partial charge in [-0.2, -0.15) is 0 Å². The summed E-state index contributed by atoms with van der Waals surface area (Å²) < 4.78 is 10.1. The Bertz CT molecular complexity index is 419. The van der Waals surface area contributed by atoms with Crippen LogP contribution >= 0.6 is 0 Å². The maximum atomic E-state index is 11.7. The largest absolute Gasteiger partial charge is 0.444 e. The van der Waals surface area contributed by atoms with Crippen molar-refractivity contribution in [3.8, 4) is 0 Å². The van der Waals surface area contributed by atoms with Crippen molar-refractivity contribution in [3.63, 3.8) is 0 Å². The SMILES string of the molecule is CC(C)(C)OC(=O)N1Cc2noc(N)c2C1. The van der Waals surface area contributed by atoms with Gasteiger partial charge in [0.25, 0.3) is 0 Å². The molecule has 0 spiro atoms. The predicted molar refractivity (Wildman–Crippen MR) is 56.4 cm³/mol. The van der Waals surface area contributed by atoms with Crippen LogP contribution in [0.5, 0.6) is 0 Å². The molecule has 6 heteroatoms. The number of amides is 1. The van der Waals surface area contributed by atoms with Crippen LogP contribution in [0.25, 0.3) is 0 Å². The van der Waals surface area contributed by atoms with Gasteiger partial charge in [-0.1, -0.05) is 5.16 Å². The fourth-order valence-electron chi connectivity index (χ4n) is 1.53. The average molecular weight is 225 g/mol. The van der Waals surface area contributed by atoms with E-state index in [1.54, 1.807) is 4.90 Å². The van der Waals surface area contributed by atoms with Gasteiger partial charge in [-0.15, -0.1) is 0 Å². The third-order valence-corrected chi connectivity index (χ3v) is 2.24. The van der Waals surface area contributed by atoms with Gasteiger partial charge >= 0.3 is 6.09 Å². The maximum absolute atomic E-state index is 11.7. The van der Waals surface area contributed by atoms with Crippen molar-refractivity contribution in [3.05, 3.63) is 11.3 Å². The standard InChI is InChI=1S/C10H15N3O3/c1-10(2,3)15-9(14)13-4-6-7(5-13)12-16-8(6)11/h4-5,11H2,1-3H3. The molecule has 2 rings (SSSR count). The predicted octanol–water partition coefficient (Wildman–Crippen LogP) is 1.51. The Balaban J connectivity index is 2.04. The molecule has 0 fully saturated rings. The first-order valence-electron chi connectivity index (χ1n) is 5.07. The number of carbonyl (C=O) groups is 1. The molecule has 0 atom stereocenters. The minimum Gasteiger partial charge on any atom is -0.444 e. The number of fused-ring (bicyclic) bond motifs is 1. The van der Waals surface area contributed by atoms with E-state index in [2.05, 4.69) is 5.16 Å². The van der Waals surface area contributed by atoms with E-state index in [9.17, 15) is 4.79 Å². The number of carbonyl (C=O) groups excluding carboxylic acids is 1. The van der Waals surface area contributed by atoms with Gasteiger partial charge in [-0.3, -0.25) is 4.90 Å². The highest BCUT2D eigenvalue weighted by molar-refractivity contribution is 5.69. The minimum atomic E-state index is -0.493. The van der Waals surface area contributed by atoms with Gasteiger partial charge in [0.2, 0.25) is 5.88 Å². The molecular formula is C10H15N3O3. The van der Waals surface area contributed by atoms with Gasteiger partial charge in [-0.05, 0) is 20.8 Å². The fraction of sp³-hybridized carbons (Fsp3) is 0.600. The number of rotatable bonds is 0. The smallest absolute Gasteiger partial charge is 0.410 e. The molecule has 0 aliphatic carbocycles. The maximum Gasteiger partial charge on any atom is 0.410 e. The van der Waals surface area contributed by atoms with E-state index in [1.807, 2.05) is 20.8 Å². The lowest BCUT2D eigenvalue weighted by Crippen LogP contribution is -2.33. The summed E-state index contributed by atoms with van der Waals surface area (Å²) in [6.45, 7) is 6.28. The lowest BCUT2D eigenvalue weighted by Gasteiger charge is -2.24. The number of nitrogens with zero attached hydrogens (tertiary/aromatic N) is 2. The first kappa shape index (κ1) is 10.8. The van der Waals surface area contributed by atoms with Gasteiger partial charge in [0.15, 0.2) is 0 Å². The molecule has 88 valence electrons. The quantitative estimate of drug-likeness (QED) is 0.723. The number of hydrogen-bond acceptors (Lipinski definition) is 5. The van der Waals surface area contributed by atoms with Gasteiger partial charge < -0.3 is 15.0 Å². The van der Waals surface area contributed by atoms with Crippen LogP contribution in [0.4, 0.5) is 10.7 Å². The zero-order chi connectivity index (χ0) is 11.9. The molecule has 0 aromatic carbocycles. The van der Waals surface area contributed by atoms with Crippen molar-refractivity contribution in [1.82, 2.24) is 10.1 Å². The average Bonchev–Trinajstić information content (AvgIpc) is 2.65. The molecule has 0 bridgehead atoms. The Morgan fingerprint density at radius 3 is 2.75 bits per heavy atom. The van der Waals surface area contributed by atoms with E-state index in [0.717, 1.165) is 5.56 Å². The number of anilines is 1. The molecule has 2 N–H and O–H groups in total. The summed E-state index contributed by atoms with van der Waals surface area (Å²) in [7, 11) is 0. The highest BCUT2D eigenvalue weighted by Gasteiger charge is 2.31. The second-order valence-electron chi connectivity index (χ2n) is 4.81. The van der Waals surface area contributed by atoms with Gasteiger partial charge in [-0.25, -0.2) is 4.79 Å². The molecule has 0 unspecified atom stereocenters. The summed E-state index contributed by atoms with van der Waals surface area (Å²) in [6.07, 6.45) is -0.357. The van der Waals surface area contributed by atoms with Gasteiger partial charge in [0.1, 0.15) is 11.3 Å². The Morgan fingerprint density at radius 2 is 2.19 bits per heavy atom. The molecule has 2 heterocycles. The van der Waals surface area contributed by atoms with Crippen LogP contribution in [0, 0.1) is 0 Å². The molecule has 0 saturated heterocycles. The van der Waals surface area contributed by atoms with Crippen molar-refractivity contribution >= 4 is 12.0 Å². The summed E-state index contributed by atoms with van der Waals surface area (Å²) in [5.74, 6) is 0.279. The number of aromatic nitrogens is 1. The summed E-state index contributed by atoms with van der Waals surface area (Å²) >= 11 is 0. The molecular weight excluding hydrogens is 210 g/mol. The molecule has 0 saturated carbocycles. The summed E-state index contributed by atoms with van der Waals surface area (Å²) in [4.78, 5) is 13.3. The van der Waals surface area contributed by atoms with Crippen LogP contribution in [0.2, 0.25) is 0 Å². The fourth-order valence-corrected chi connectivity index (χ4v) is 1.53. The lowest BCUT2D eigenvalue weighted by atomic mass is 10.2. The van der Waals surface area contributed by atoms with Crippen molar-refractivity contribution in [1.29, 1.82) is 0 Å². The Kier molecular flexibility index (Phi) is 2.29. The monoisotopic (exact) mass is 225 g/mol. The molecule has 1 aromatic rings. The van der Waals surface area contributed by atoms with Crippen LogP contribution < -0.4 is 5.73 Å². The third kappa shape index (κ3) is 1.95. The van der Waals surface area contributed by atoms with Crippen LogP contribution in [-0.2, 0) is 17.8 Å². The van der Waals surface area contributed by atoms with E-state index < -0.39 is 5.60 Å². The molecule has 1 amide bonds. The number of nitrogens with two attached hydrogens (primary N) is 1. The molecule has 16 heavy (non-hydrogen) atoms. The zero-order valence-corrected chi connectivity index (χ0v) is 9.61. The Labute approximate surface area is 93.3 Å². The van der Waals surface area contributed by atoms with Crippen LogP contribution in [-0.4, -0.2) is 21.8 Å². The molecule has 1 aliphatic rings. The zero-order valence-electron chi connectivity index (χ0n) is 9.61. The van der Waals surface area contributed by atoms with Gasteiger partial charge in [0, 0.05) is 0 Å². The van der Waals surface area contributed by atoms with E-state index in [1.165, 1.54) is 0 Å². The second-order valence-corrected chi connectivity index (χ2v) is 4.81. The molecule has 1 aliphatic heterocycles. The first-order chi connectivity index (χ1) is 7.37. The van der Waals surface area contributed by atoms with E-state index in [4.69, 9.17) is 15.0 Å². The first-order valence-corrected chi connectivity index (χ1v) is 5.07. The summed E-state index contributed by atoms with van der Waals surface area (Å²) in [5, 5.41) is 3.78. The summed E-state index contributed by atoms with van der Waals surface area (Å²) in [6, 6.07) is 0. The Hall–Kier alpha value is -1.72. The Morgan fingerprint density at radius 1 is 1.50 bits per heavy atom. The lowest BCUT2D eigenvalue weighted by molar-refractivity contribution is 0.0237. The topological polar surface area (TPSA) is 81.6 Å². The summed E-state index contributed by atoms with van der Waals surface area (Å²) in [5.41, 5.74) is 6.58. The third-order valence-electron chi connectivity index (χ3n) is 2.24. The normalized spacial score (nSPS) is 15.1. The minimum absolute atomic E-state index is 0.279. The van der Waals surface area contributed by atoms with Crippen molar-refractivity contribution < 1.29 is 14.1 Å². The highest BCUT2D eigenvalue weighted by atomic mass is 16.6. The van der Waals surface area contributed by atoms with Crippen LogP contribution in [0.1, 0.15) is 32.0 Å². The van der Waals surface area contributed by atoms with Crippen molar-refractivity contribution in [2.75, 3.05) is 5.73 Å². The van der Waals surface area contributed by atoms with Crippen molar-refractivity contribution in [2.24, 2.45) is 0 Å². The van der Waals surface area contributed by atoms with E-state index in [-0.39, 0.29) is 12.0 Å². The second kappa shape index (κ2) is 3.40.